The Bertz CT molecular complexity index is 433. The van der Waals surface area contributed by atoms with Crippen LogP contribution in [0.5, 0.6) is 0 Å². The minimum atomic E-state index is -0.816. The van der Waals surface area contributed by atoms with Crippen LogP contribution in [0.3, 0.4) is 0 Å². The average Bonchev–Trinajstić information content (AvgIpc) is 2.83. The van der Waals surface area contributed by atoms with Crippen LogP contribution < -0.4 is 5.73 Å². The molecule has 15 heavy (non-hydrogen) atoms. The van der Waals surface area contributed by atoms with Crippen LogP contribution in [0.15, 0.2) is 18.2 Å². The molecule has 2 rings (SSSR count). The number of halogens is 1. The zero-order valence-corrected chi connectivity index (χ0v) is 9.08. The van der Waals surface area contributed by atoms with E-state index in [1.54, 1.807) is 18.2 Å². The molecule has 1 aromatic rings. The summed E-state index contributed by atoms with van der Waals surface area (Å²) in [5, 5.41) is 9.67. The zero-order valence-electron chi connectivity index (χ0n) is 8.33. The molecular formula is C11H12ClNO2. The molecule has 80 valence electrons. The number of anilines is 1. The zero-order chi connectivity index (χ0) is 11.2. The van der Waals surface area contributed by atoms with Crippen LogP contribution in [-0.4, -0.2) is 11.1 Å². The number of hydrogen-bond acceptors (Lipinski definition) is 2. The highest BCUT2D eigenvalue weighted by atomic mass is 35.5. The van der Waals surface area contributed by atoms with E-state index < -0.39 is 11.4 Å². The molecule has 1 aliphatic rings. The summed E-state index contributed by atoms with van der Waals surface area (Å²) in [5.74, 6) is -0.695. The van der Waals surface area contributed by atoms with Gasteiger partial charge in [0, 0.05) is 0 Å². The van der Waals surface area contributed by atoms with Crippen molar-refractivity contribution >= 4 is 23.3 Å². The van der Waals surface area contributed by atoms with Crippen molar-refractivity contribution < 1.29 is 9.90 Å². The van der Waals surface area contributed by atoms with Crippen molar-refractivity contribution in [3.8, 4) is 0 Å². The van der Waals surface area contributed by atoms with E-state index in [0.717, 1.165) is 0 Å². The highest BCUT2D eigenvalue weighted by Gasteiger charge is 2.59. The molecule has 0 bridgehead atoms. The molecule has 1 aliphatic carbocycles. The normalized spacial score (nSPS) is 28.8. The summed E-state index contributed by atoms with van der Waals surface area (Å²) in [4.78, 5) is 11.3. The highest BCUT2D eigenvalue weighted by Crippen LogP contribution is 2.56. The van der Waals surface area contributed by atoms with Gasteiger partial charge in [0.1, 0.15) is 0 Å². The fourth-order valence-electron chi connectivity index (χ4n) is 2.14. The van der Waals surface area contributed by atoms with E-state index in [1.807, 2.05) is 6.92 Å². The quantitative estimate of drug-likeness (QED) is 0.759. The van der Waals surface area contributed by atoms with Gasteiger partial charge in [-0.2, -0.15) is 0 Å². The number of nitrogens with two attached hydrogens (primary N) is 1. The first-order valence-electron chi connectivity index (χ1n) is 4.78. The minimum absolute atomic E-state index is 0.121. The second kappa shape index (κ2) is 3.14. The first-order valence-corrected chi connectivity index (χ1v) is 5.16. The number of nitrogen functional groups attached to an aromatic ring is 1. The van der Waals surface area contributed by atoms with E-state index in [9.17, 15) is 9.90 Å². The van der Waals surface area contributed by atoms with Crippen molar-refractivity contribution in [2.75, 3.05) is 5.73 Å². The number of para-hydroxylation sites is 1. The van der Waals surface area contributed by atoms with E-state index in [4.69, 9.17) is 17.3 Å². The van der Waals surface area contributed by atoms with Crippen LogP contribution in [-0.2, 0) is 10.2 Å². The van der Waals surface area contributed by atoms with Gasteiger partial charge in [-0.25, -0.2) is 0 Å². The molecule has 0 aromatic heterocycles. The lowest BCUT2D eigenvalue weighted by Crippen LogP contribution is -2.23. The van der Waals surface area contributed by atoms with Crippen LogP contribution in [0, 0.1) is 5.92 Å². The molecule has 1 saturated carbocycles. The summed E-state index contributed by atoms with van der Waals surface area (Å²) >= 11 is 5.88. The molecule has 0 spiro atoms. The lowest BCUT2D eigenvalue weighted by Gasteiger charge is -2.15. The van der Waals surface area contributed by atoms with Gasteiger partial charge in [0.05, 0.1) is 16.1 Å². The summed E-state index contributed by atoms with van der Waals surface area (Å²) in [5.41, 5.74) is 6.05. The van der Waals surface area contributed by atoms with Crippen molar-refractivity contribution in [1.29, 1.82) is 0 Å². The van der Waals surface area contributed by atoms with Gasteiger partial charge in [0.15, 0.2) is 0 Å². The lowest BCUT2D eigenvalue weighted by molar-refractivity contribution is -0.140. The molecule has 4 heteroatoms. The summed E-state index contributed by atoms with van der Waals surface area (Å²) in [7, 11) is 0. The van der Waals surface area contributed by atoms with Crippen molar-refractivity contribution in [2.45, 2.75) is 18.8 Å². The van der Waals surface area contributed by atoms with Gasteiger partial charge in [-0.15, -0.1) is 0 Å². The molecule has 0 heterocycles. The maximum Gasteiger partial charge on any atom is 0.314 e. The fraction of sp³-hybridized carbons (Fsp3) is 0.364. The van der Waals surface area contributed by atoms with Gasteiger partial charge in [0.25, 0.3) is 0 Å². The first-order chi connectivity index (χ1) is 7.00. The van der Waals surface area contributed by atoms with E-state index in [2.05, 4.69) is 0 Å². The third kappa shape index (κ3) is 1.30. The predicted molar refractivity (Wildman–Crippen MR) is 59.0 cm³/mol. The van der Waals surface area contributed by atoms with Crippen LogP contribution >= 0.6 is 11.6 Å². The third-order valence-electron chi connectivity index (χ3n) is 3.22. The predicted octanol–water partition coefficient (Wildman–Crippen LogP) is 2.28. The fourth-order valence-corrected chi connectivity index (χ4v) is 2.31. The minimum Gasteiger partial charge on any atom is -0.481 e. The number of rotatable bonds is 2. The van der Waals surface area contributed by atoms with Crippen LogP contribution in [0.2, 0.25) is 5.02 Å². The Morgan fingerprint density at radius 1 is 1.67 bits per heavy atom. The van der Waals surface area contributed by atoms with Gasteiger partial charge in [0.2, 0.25) is 0 Å². The smallest absolute Gasteiger partial charge is 0.314 e. The van der Waals surface area contributed by atoms with E-state index in [-0.39, 0.29) is 5.92 Å². The second-order valence-corrected chi connectivity index (χ2v) is 4.49. The SMILES string of the molecule is CC1CC1(C(=O)O)c1cccc(Cl)c1N. The van der Waals surface area contributed by atoms with Gasteiger partial charge in [-0.05, 0) is 24.0 Å². The van der Waals surface area contributed by atoms with Gasteiger partial charge in [-0.3, -0.25) is 4.79 Å². The number of carbonyl (C=O) groups is 1. The lowest BCUT2D eigenvalue weighted by atomic mass is 9.92. The largest absolute Gasteiger partial charge is 0.481 e. The third-order valence-corrected chi connectivity index (χ3v) is 3.55. The number of benzene rings is 1. The Kier molecular flexibility index (Phi) is 2.15. The van der Waals surface area contributed by atoms with Crippen molar-refractivity contribution in [2.24, 2.45) is 5.92 Å². The Morgan fingerprint density at radius 3 is 2.73 bits per heavy atom. The number of carboxylic acid groups (broad SMARTS) is 1. The summed E-state index contributed by atoms with van der Waals surface area (Å²) in [6.07, 6.45) is 0.632. The van der Waals surface area contributed by atoms with E-state index in [1.165, 1.54) is 0 Å². The summed E-state index contributed by atoms with van der Waals surface area (Å²) < 4.78 is 0. The maximum atomic E-state index is 11.3. The van der Waals surface area contributed by atoms with E-state index in [0.29, 0.717) is 22.7 Å². The molecule has 3 N–H and O–H groups in total. The first kappa shape index (κ1) is 10.3. The average molecular weight is 226 g/mol. The van der Waals surface area contributed by atoms with E-state index >= 15 is 0 Å². The monoisotopic (exact) mass is 225 g/mol. The Morgan fingerprint density at radius 2 is 2.27 bits per heavy atom. The summed E-state index contributed by atoms with van der Waals surface area (Å²) in [6, 6.07) is 5.16. The highest BCUT2D eigenvalue weighted by molar-refractivity contribution is 6.33. The molecular weight excluding hydrogens is 214 g/mol. The molecule has 1 fully saturated rings. The van der Waals surface area contributed by atoms with Crippen LogP contribution in [0.1, 0.15) is 18.9 Å². The maximum absolute atomic E-state index is 11.3. The van der Waals surface area contributed by atoms with Crippen molar-refractivity contribution in [1.82, 2.24) is 0 Å². The van der Waals surface area contributed by atoms with Crippen molar-refractivity contribution in [3.63, 3.8) is 0 Å². The van der Waals surface area contributed by atoms with Gasteiger partial charge >= 0.3 is 5.97 Å². The Labute approximate surface area is 92.8 Å². The molecule has 0 radical (unpaired) electrons. The standard InChI is InChI=1S/C11H12ClNO2/c1-6-5-11(6,10(14)15)7-3-2-4-8(12)9(7)13/h2-4,6H,5,13H2,1H3,(H,14,15). The Hall–Kier alpha value is -1.22. The van der Waals surface area contributed by atoms with Crippen molar-refractivity contribution in [3.05, 3.63) is 28.8 Å². The number of hydrogen-bond donors (Lipinski definition) is 2. The molecule has 3 nitrogen and oxygen atoms in total. The number of aliphatic carboxylic acids is 1. The molecule has 2 atom stereocenters. The molecule has 0 saturated heterocycles. The molecule has 0 aliphatic heterocycles. The van der Waals surface area contributed by atoms with Gasteiger partial charge < -0.3 is 10.8 Å². The van der Waals surface area contributed by atoms with Gasteiger partial charge in [-0.1, -0.05) is 30.7 Å². The topological polar surface area (TPSA) is 63.3 Å². The van der Waals surface area contributed by atoms with Crippen LogP contribution in [0.25, 0.3) is 0 Å². The summed E-state index contributed by atoms with van der Waals surface area (Å²) in [6.45, 7) is 1.91. The second-order valence-electron chi connectivity index (χ2n) is 4.08. The molecule has 2 unspecified atom stereocenters. The Balaban J connectivity index is 2.55. The molecule has 1 aromatic carbocycles. The van der Waals surface area contributed by atoms with Crippen LogP contribution in [0.4, 0.5) is 5.69 Å². The molecule has 0 amide bonds. The number of carboxylic acids is 1.